The summed E-state index contributed by atoms with van der Waals surface area (Å²) < 4.78 is 41.2. The van der Waals surface area contributed by atoms with Crippen LogP contribution in [0, 0.1) is 0 Å². The third-order valence-corrected chi connectivity index (χ3v) is 7.11. The van der Waals surface area contributed by atoms with Crippen molar-refractivity contribution in [2.24, 2.45) is 0 Å². The van der Waals surface area contributed by atoms with E-state index in [1.165, 1.54) is 19.2 Å². The van der Waals surface area contributed by atoms with Crippen molar-refractivity contribution in [2.75, 3.05) is 37.6 Å². The van der Waals surface area contributed by atoms with E-state index in [-0.39, 0.29) is 48.2 Å². The Morgan fingerprint density at radius 2 is 1.88 bits per heavy atom. The van der Waals surface area contributed by atoms with Gasteiger partial charge in [-0.25, -0.2) is 13.4 Å². The van der Waals surface area contributed by atoms with Crippen LogP contribution in [0.5, 0.6) is 11.6 Å². The molecular formula is C28H31N3O8S. The number of carbonyl (C=O) groups excluding carboxylic acids is 2. The highest BCUT2D eigenvalue weighted by Crippen LogP contribution is 2.42. The minimum atomic E-state index is -3.65. The Bertz CT molecular complexity index is 1480. The van der Waals surface area contributed by atoms with Gasteiger partial charge in [-0.15, -0.1) is 0 Å². The molecule has 2 aromatic carbocycles. The summed E-state index contributed by atoms with van der Waals surface area (Å²) >= 11 is 0. The predicted molar refractivity (Wildman–Crippen MR) is 147 cm³/mol. The maximum atomic E-state index is 13.7. The molecule has 11 nitrogen and oxygen atoms in total. The first-order valence-electron chi connectivity index (χ1n) is 12.5. The van der Waals surface area contributed by atoms with Gasteiger partial charge in [0.2, 0.25) is 5.91 Å². The average Bonchev–Trinajstić information content (AvgIpc) is 3.18. The molecular weight excluding hydrogens is 538 g/mol. The van der Waals surface area contributed by atoms with Crippen LogP contribution in [0.1, 0.15) is 46.4 Å². The molecule has 0 aliphatic carbocycles. The number of hydrogen-bond acceptors (Lipinski definition) is 9. The number of nitrogens with one attached hydrogen (secondary N) is 1. The highest BCUT2D eigenvalue weighted by Gasteiger charge is 2.43. The molecule has 212 valence electrons. The lowest BCUT2D eigenvalue weighted by Gasteiger charge is -2.30. The first kappa shape index (κ1) is 29.0. The van der Waals surface area contributed by atoms with Crippen LogP contribution >= 0.6 is 0 Å². The van der Waals surface area contributed by atoms with Crippen LogP contribution in [-0.4, -0.2) is 67.6 Å². The van der Waals surface area contributed by atoms with Crippen molar-refractivity contribution in [2.45, 2.75) is 25.8 Å². The molecule has 12 heteroatoms. The number of nitrogens with zero attached hydrogens (tertiary/aromatic N) is 2. The average molecular weight is 570 g/mol. The maximum Gasteiger partial charge on any atom is 0.259 e. The zero-order valence-corrected chi connectivity index (χ0v) is 23.2. The number of pyridine rings is 1. The van der Waals surface area contributed by atoms with Gasteiger partial charge in [-0.1, -0.05) is 42.5 Å². The molecule has 1 aliphatic rings. The Kier molecular flexibility index (Phi) is 9.03. The third-order valence-electron chi connectivity index (χ3n) is 6.19. The summed E-state index contributed by atoms with van der Waals surface area (Å²) in [5, 5.41) is 13.9. The van der Waals surface area contributed by atoms with E-state index in [1.54, 1.807) is 25.1 Å². The summed E-state index contributed by atoms with van der Waals surface area (Å²) in [6, 6.07) is 15.9. The normalized spacial score (nSPS) is 15.4. The molecule has 0 saturated carbocycles. The van der Waals surface area contributed by atoms with E-state index in [0.29, 0.717) is 5.75 Å². The first-order valence-corrected chi connectivity index (χ1v) is 14.6. The SMILES string of the molecule is CCOc1nc([C@H](CS(C)(=O)=O)N2C(=O)c3c(NC(=O)COCc4ccccc4)cccc3C2O)ccc1OC. The molecule has 2 heterocycles. The van der Waals surface area contributed by atoms with Gasteiger partial charge < -0.3 is 24.6 Å². The smallest absolute Gasteiger partial charge is 0.259 e. The third kappa shape index (κ3) is 6.58. The molecule has 1 unspecified atom stereocenters. The van der Waals surface area contributed by atoms with Gasteiger partial charge in [0.15, 0.2) is 12.0 Å². The first-order chi connectivity index (χ1) is 19.1. The Morgan fingerprint density at radius 3 is 2.55 bits per heavy atom. The number of ether oxygens (including phenoxy) is 3. The van der Waals surface area contributed by atoms with Crippen LogP contribution in [0.15, 0.2) is 60.7 Å². The summed E-state index contributed by atoms with van der Waals surface area (Å²) in [5.74, 6) is -1.20. The maximum absolute atomic E-state index is 13.7. The molecule has 2 N–H and O–H groups in total. The second-order valence-electron chi connectivity index (χ2n) is 9.17. The van der Waals surface area contributed by atoms with Crippen molar-refractivity contribution in [3.05, 3.63) is 83.0 Å². The number of rotatable bonds is 12. The van der Waals surface area contributed by atoms with Crippen molar-refractivity contribution in [1.29, 1.82) is 0 Å². The Hall–Kier alpha value is -4.00. The molecule has 2 atom stereocenters. The lowest BCUT2D eigenvalue weighted by molar-refractivity contribution is -0.121. The second-order valence-corrected chi connectivity index (χ2v) is 11.4. The Morgan fingerprint density at radius 1 is 1.12 bits per heavy atom. The van der Waals surface area contributed by atoms with Crippen LogP contribution < -0.4 is 14.8 Å². The topological polar surface area (TPSA) is 144 Å². The monoisotopic (exact) mass is 569 g/mol. The summed E-state index contributed by atoms with van der Waals surface area (Å²) in [6.07, 6.45) is -0.450. The molecule has 0 fully saturated rings. The molecule has 0 saturated heterocycles. The number of aromatic nitrogens is 1. The van der Waals surface area contributed by atoms with E-state index in [0.717, 1.165) is 16.7 Å². The molecule has 4 rings (SSSR count). The van der Waals surface area contributed by atoms with E-state index in [1.807, 2.05) is 30.3 Å². The lowest BCUT2D eigenvalue weighted by atomic mass is 10.1. The highest BCUT2D eigenvalue weighted by molar-refractivity contribution is 7.90. The fraction of sp³-hybridized carbons (Fsp3) is 0.321. The van der Waals surface area contributed by atoms with Gasteiger partial charge >= 0.3 is 0 Å². The Balaban J connectivity index is 1.60. The number of hydrogen-bond donors (Lipinski definition) is 2. The summed E-state index contributed by atoms with van der Waals surface area (Å²) in [6.45, 7) is 2.01. The number of methoxy groups -OCH3 is 1. The van der Waals surface area contributed by atoms with Crippen LogP contribution in [0.3, 0.4) is 0 Å². The molecule has 0 spiro atoms. The summed E-state index contributed by atoms with van der Waals surface area (Å²) in [4.78, 5) is 31.9. The zero-order chi connectivity index (χ0) is 28.9. The van der Waals surface area contributed by atoms with Crippen molar-refractivity contribution in [3.63, 3.8) is 0 Å². The van der Waals surface area contributed by atoms with Crippen LogP contribution in [0.25, 0.3) is 0 Å². The predicted octanol–water partition coefficient (Wildman–Crippen LogP) is 2.88. The number of carbonyl (C=O) groups is 2. The van der Waals surface area contributed by atoms with Gasteiger partial charge in [-0.3, -0.25) is 14.5 Å². The fourth-order valence-electron chi connectivity index (χ4n) is 4.47. The van der Waals surface area contributed by atoms with Crippen molar-refractivity contribution < 1.29 is 37.3 Å². The number of fused-ring (bicyclic) bond motifs is 1. The standard InChI is InChI=1S/C28H31N3O8S/c1-4-39-26-23(37-2)14-13-20(30-26)22(17-40(3,35)36)31-27(33)19-11-8-12-21(25(19)28(31)34)29-24(32)16-38-15-18-9-6-5-7-10-18/h5-14,22,27,33H,4,15-17H2,1-3H3,(H,29,32)/t22-,27?/m0/s1. The lowest BCUT2D eigenvalue weighted by Crippen LogP contribution is -2.37. The van der Waals surface area contributed by atoms with E-state index >= 15 is 0 Å². The molecule has 1 aromatic heterocycles. The van der Waals surface area contributed by atoms with Crippen molar-refractivity contribution in [3.8, 4) is 11.6 Å². The molecule has 2 amide bonds. The Labute approximate surface area is 232 Å². The molecule has 0 radical (unpaired) electrons. The van der Waals surface area contributed by atoms with E-state index in [2.05, 4.69) is 10.3 Å². The highest BCUT2D eigenvalue weighted by atomic mass is 32.2. The van der Waals surface area contributed by atoms with Crippen molar-refractivity contribution >= 4 is 27.3 Å². The van der Waals surface area contributed by atoms with E-state index in [9.17, 15) is 23.1 Å². The van der Waals surface area contributed by atoms with Gasteiger partial charge in [-0.05, 0) is 30.7 Å². The number of anilines is 1. The zero-order valence-electron chi connectivity index (χ0n) is 22.4. The largest absolute Gasteiger partial charge is 0.491 e. The number of sulfone groups is 1. The van der Waals surface area contributed by atoms with Crippen LogP contribution in [0.2, 0.25) is 0 Å². The van der Waals surface area contributed by atoms with Gasteiger partial charge in [0.1, 0.15) is 16.4 Å². The van der Waals surface area contributed by atoms with Gasteiger partial charge in [0.25, 0.3) is 11.8 Å². The van der Waals surface area contributed by atoms with Crippen LogP contribution in [-0.2, 0) is 26.0 Å². The van der Waals surface area contributed by atoms with Gasteiger partial charge in [0.05, 0.1) is 49.1 Å². The van der Waals surface area contributed by atoms with Gasteiger partial charge in [-0.2, -0.15) is 0 Å². The number of amides is 2. The quantitative estimate of drug-likeness (QED) is 0.336. The second kappa shape index (κ2) is 12.5. The number of aliphatic hydroxyl groups is 1. The molecule has 0 bridgehead atoms. The van der Waals surface area contributed by atoms with Crippen molar-refractivity contribution in [1.82, 2.24) is 9.88 Å². The van der Waals surface area contributed by atoms with Crippen LogP contribution in [0.4, 0.5) is 5.69 Å². The summed E-state index contributed by atoms with van der Waals surface area (Å²) in [7, 11) is -2.21. The fourth-order valence-corrected chi connectivity index (χ4v) is 5.38. The van der Waals surface area contributed by atoms with E-state index in [4.69, 9.17) is 14.2 Å². The minimum Gasteiger partial charge on any atom is -0.491 e. The summed E-state index contributed by atoms with van der Waals surface area (Å²) in [5.41, 5.74) is 1.55. The molecule has 1 aliphatic heterocycles. The minimum absolute atomic E-state index is 0.0588. The number of aliphatic hydroxyl groups excluding tert-OH is 1. The van der Waals surface area contributed by atoms with E-state index < -0.39 is 39.7 Å². The molecule has 3 aromatic rings. The molecule has 40 heavy (non-hydrogen) atoms. The number of benzene rings is 2. The van der Waals surface area contributed by atoms with Gasteiger partial charge in [0, 0.05) is 11.8 Å².